The number of aromatic nitrogens is 1. The highest BCUT2D eigenvalue weighted by Crippen LogP contribution is 2.20. The summed E-state index contributed by atoms with van der Waals surface area (Å²) in [6.45, 7) is 4.35. The number of fused-ring (bicyclic) bond motifs is 1. The molecular weight excluding hydrogens is 399 g/mol. The molecule has 0 unspecified atom stereocenters. The van der Waals surface area contributed by atoms with Gasteiger partial charge in [-0.05, 0) is 37.6 Å². The number of hydrogen-bond donors (Lipinski definition) is 0. The Kier molecular flexibility index (Phi) is 6.10. The van der Waals surface area contributed by atoms with Crippen LogP contribution in [0.3, 0.4) is 0 Å². The molecule has 0 aliphatic rings. The normalized spacial score (nSPS) is 12.6. The van der Waals surface area contributed by atoms with Crippen LogP contribution in [-0.2, 0) is 21.2 Å². The van der Waals surface area contributed by atoms with Gasteiger partial charge in [-0.3, -0.25) is 4.79 Å². The average Bonchev–Trinajstić information content (AvgIpc) is 2.99. The fraction of sp³-hybridized carbons (Fsp3) is 0.300. The molecule has 3 rings (SSSR count). The fourth-order valence-corrected chi connectivity index (χ4v) is 5.17. The molecule has 0 bridgehead atoms. The first-order chi connectivity index (χ1) is 13.3. The molecule has 0 fully saturated rings. The molecule has 0 aliphatic carbocycles. The summed E-state index contributed by atoms with van der Waals surface area (Å²) in [7, 11) is -3.56. The van der Waals surface area contributed by atoms with Crippen LogP contribution in [0.1, 0.15) is 25.3 Å². The van der Waals surface area contributed by atoms with Gasteiger partial charge in [0.1, 0.15) is 5.82 Å². The molecule has 0 atom stereocenters. The van der Waals surface area contributed by atoms with Crippen LogP contribution in [0.5, 0.6) is 0 Å². The van der Waals surface area contributed by atoms with Crippen molar-refractivity contribution in [2.75, 3.05) is 5.75 Å². The number of amides is 1. The number of rotatable bonds is 6. The van der Waals surface area contributed by atoms with Crippen LogP contribution in [0.4, 0.5) is 4.39 Å². The number of halogens is 1. The van der Waals surface area contributed by atoms with Gasteiger partial charge in [-0.2, -0.15) is 4.99 Å². The largest absolute Gasteiger partial charge is 0.314 e. The number of carbonyl (C=O) groups excluding carboxylic acids is 1. The van der Waals surface area contributed by atoms with Gasteiger partial charge in [0, 0.05) is 13.0 Å². The van der Waals surface area contributed by atoms with Crippen LogP contribution in [-0.4, -0.2) is 24.6 Å². The second-order valence-corrected chi connectivity index (χ2v) is 9.63. The quantitative estimate of drug-likeness (QED) is 0.608. The van der Waals surface area contributed by atoms with E-state index in [2.05, 4.69) is 4.99 Å². The summed E-state index contributed by atoms with van der Waals surface area (Å²) in [5.74, 6) is -1.21. The van der Waals surface area contributed by atoms with E-state index in [-0.39, 0.29) is 22.9 Å². The van der Waals surface area contributed by atoms with Gasteiger partial charge in [0.25, 0.3) is 0 Å². The standard InChI is InChI=1S/C20H21FN2O3S2/c1-3-12-23-19-16(21)5-4-6-17(19)27-20(23)22-18(24)11-13-28(25,26)15-9-7-14(2)8-10-15/h4-10H,3,11-13H2,1-2H3. The molecule has 28 heavy (non-hydrogen) atoms. The van der Waals surface area contributed by atoms with Gasteiger partial charge in [0.15, 0.2) is 14.6 Å². The minimum absolute atomic E-state index is 0.191. The van der Waals surface area contributed by atoms with Crippen LogP contribution in [0.15, 0.2) is 52.4 Å². The van der Waals surface area contributed by atoms with Gasteiger partial charge in [0.05, 0.1) is 20.9 Å². The predicted octanol–water partition coefficient (Wildman–Crippen LogP) is 3.85. The lowest BCUT2D eigenvalue weighted by Gasteiger charge is -2.04. The summed E-state index contributed by atoms with van der Waals surface area (Å²) in [5, 5.41) is 0. The first kappa shape index (κ1) is 20.4. The lowest BCUT2D eigenvalue weighted by Crippen LogP contribution is -2.18. The molecule has 2 aromatic carbocycles. The topological polar surface area (TPSA) is 68.5 Å². The van der Waals surface area contributed by atoms with Crippen molar-refractivity contribution in [2.45, 2.75) is 38.1 Å². The lowest BCUT2D eigenvalue weighted by molar-refractivity contribution is -0.117. The molecule has 1 aromatic heterocycles. The van der Waals surface area contributed by atoms with E-state index in [0.717, 1.165) is 12.0 Å². The van der Waals surface area contributed by atoms with Gasteiger partial charge in [-0.1, -0.05) is 42.0 Å². The monoisotopic (exact) mass is 420 g/mol. The number of sulfone groups is 1. The molecule has 8 heteroatoms. The van der Waals surface area contributed by atoms with Crippen LogP contribution in [0.2, 0.25) is 0 Å². The van der Waals surface area contributed by atoms with Crippen LogP contribution < -0.4 is 4.80 Å². The molecule has 0 aliphatic heterocycles. The number of hydrogen-bond acceptors (Lipinski definition) is 4. The summed E-state index contributed by atoms with van der Waals surface area (Å²) >= 11 is 1.22. The minimum Gasteiger partial charge on any atom is -0.314 e. The second-order valence-electron chi connectivity index (χ2n) is 6.51. The molecule has 0 N–H and O–H groups in total. The predicted molar refractivity (Wildman–Crippen MR) is 108 cm³/mol. The summed E-state index contributed by atoms with van der Waals surface area (Å²) in [6, 6.07) is 11.3. The Morgan fingerprint density at radius 3 is 2.57 bits per heavy atom. The Morgan fingerprint density at radius 1 is 1.18 bits per heavy atom. The van der Waals surface area contributed by atoms with Crippen LogP contribution in [0.25, 0.3) is 10.2 Å². The van der Waals surface area contributed by atoms with Crippen LogP contribution in [0, 0.1) is 12.7 Å². The van der Waals surface area contributed by atoms with Crippen molar-refractivity contribution in [3.8, 4) is 0 Å². The van der Waals surface area contributed by atoms with Crippen molar-refractivity contribution in [3.05, 3.63) is 58.6 Å². The summed E-state index contributed by atoms with van der Waals surface area (Å²) in [5.41, 5.74) is 1.38. The Hall–Kier alpha value is -2.32. The summed E-state index contributed by atoms with van der Waals surface area (Å²) in [6.07, 6.45) is 0.530. The number of carbonyl (C=O) groups is 1. The third-order valence-corrected chi connectivity index (χ3v) is 7.06. The average molecular weight is 421 g/mol. The lowest BCUT2D eigenvalue weighted by atomic mass is 10.2. The van der Waals surface area contributed by atoms with E-state index in [1.165, 1.54) is 29.5 Å². The molecular formula is C20H21FN2O3S2. The molecule has 5 nitrogen and oxygen atoms in total. The van der Waals surface area contributed by atoms with Gasteiger partial charge < -0.3 is 4.57 Å². The zero-order chi connectivity index (χ0) is 20.3. The fourth-order valence-electron chi connectivity index (χ4n) is 2.85. The number of aryl methyl sites for hydroxylation is 2. The van der Waals surface area contributed by atoms with E-state index in [1.807, 2.05) is 13.8 Å². The van der Waals surface area contributed by atoms with E-state index in [0.29, 0.717) is 21.6 Å². The second kappa shape index (κ2) is 8.36. The van der Waals surface area contributed by atoms with E-state index < -0.39 is 15.7 Å². The maximum atomic E-state index is 14.2. The smallest absolute Gasteiger partial charge is 0.249 e. The van der Waals surface area contributed by atoms with Gasteiger partial charge >= 0.3 is 0 Å². The van der Waals surface area contributed by atoms with Crippen molar-refractivity contribution in [2.24, 2.45) is 4.99 Å². The Bertz CT molecular complexity index is 1180. The van der Waals surface area contributed by atoms with E-state index in [1.54, 1.807) is 28.8 Å². The summed E-state index contributed by atoms with van der Waals surface area (Å²) < 4.78 is 41.4. The highest BCUT2D eigenvalue weighted by molar-refractivity contribution is 7.91. The maximum absolute atomic E-state index is 14.2. The van der Waals surface area contributed by atoms with Crippen LogP contribution >= 0.6 is 11.3 Å². The number of thiazole rings is 1. The van der Waals surface area contributed by atoms with Crippen molar-refractivity contribution in [1.82, 2.24) is 4.57 Å². The SMILES string of the molecule is CCCn1c(=NC(=O)CCS(=O)(=O)c2ccc(C)cc2)sc2cccc(F)c21. The first-order valence-corrected chi connectivity index (χ1v) is 11.4. The molecule has 0 radical (unpaired) electrons. The van der Waals surface area contributed by atoms with E-state index in [9.17, 15) is 17.6 Å². The molecule has 0 spiro atoms. The van der Waals surface area contributed by atoms with Gasteiger partial charge in [-0.25, -0.2) is 12.8 Å². The Morgan fingerprint density at radius 2 is 1.89 bits per heavy atom. The van der Waals surface area contributed by atoms with Crippen molar-refractivity contribution in [3.63, 3.8) is 0 Å². The summed E-state index contributed by atoms with van der Waals surface area (Å²) in [4.78, 5) is 17.0. The highest BCUT2D eigenvalue weighted by Gasteiger charge is 2.17. The first-order valence-electron chi connectivity index (χ1n) is 8.96. The Labute approximate surface area is 167 Å². The highest BCUT2D eigenvalue weighted by atomic mass is 32.2. The third kappa shape index (κ3) is 4.39. The maximum Gasteiger partial charge on any atom is 0.249 e. The molecule has 148 valence electrons. The molecule has 0 saturated carbocycles. The minimum atomic E-state index is -3.56. The van der Waals surface area contributed by atoms with Gasteiger partial charge in [-0.15, -0.1) is 0 Å². The molecule has 0 saturated heterocycles. The van der Waals surface area contributed by atoms with Crippen molar-refractivity contribution < 1.29 is 17.6 Å². The molecule has 3 aromatic rings. The molecule has 1 heterocycles. The number of nitrogens with zero attached hydrogens (tertiary/aromatic N) is 2. The van der Waals surface area contributed by atoms with Gasteiger partial charge in [0.2, 0.25) is 5.91 Å². The van der Waals surface area contributed by atoms with Crippen molar-refractivity contribution in [1.29, 1.82) is 0 Å². The zero-order valence-corrected chi connectivity index (χ0v) is 17.3. The number of para-hydroxylation sites is 1. The third-order valence-electron chi connectivity index (χ3n) is 4.28. The van der Waals surface area contributed by atoms with E-state index >= 15 is 0 Å². The van der Waals surface area contributed by atoms with Crippen molar-refractivity contribution >= 4 is 37.3 Å². The molecule has 1 amide bonds. The number of benzene rings is 2. The zero-order valence-electron chi connectivity index (χ0n) is 15.7. The Balaban J connectivity index is 1.86. The van der Waals surface area contributed by atoms with E-state index in [4.69, 9.17) is 0 Å².